The molecular formula is C8H17N. The van der Waals surface area contributed by atoms with Gasteiger partial charge in [0.15, 0.2) is 0 Å². The van der Waals surface area contributed by atoms with Crippen LogP contribution in [0.15, 0.2) is 0 Å². The molecule has 1 aliphatic heterocycles. The zero-order valence-corrected chi connectivity index (χ0v) is 6.94. The third-order valence-corrected chi connectivity index (χ3v) is 2.79. The van der Waals surface area contributed by atoms with E-state index in [0.717, 1.165) is 6.04 Å². The van der Waals surface area contributed by atoms with Crippen LogP contribution in [0.3, 0.4) is 0 Å². The fraction of sp³-hybridized carbons (Fsp3) is 1.00. The van der Waals surface area contributed by atoms with Gasteiger partial charge in [0.2, 0.25) is 0 Å². The lowest BCUT2D eigenvalue weighted by molar-refractivity contribution is 0.178. The molecule has 0 spiro atoms. The van der Waals surface area contributed by atoms with Gasteiger partial charge in [0.25, 0.3) is 0 Å². The average Bonchev–Trinajstić information content (AvgIpc) is 1.97. The largest absolute Gasteiger partial charge is 0.299 e. The molecular weight excluding hydrogens is 110 g/mol. The van der Waals surface area contributed by atoms with Crippen molar-refractivity contribution in [3.05, 3.63) is 0 Å². The molecule has 0 aromatic rings. The van der Waals surface area contributed by atoms with Crippen LogP contribution in [0.5, 0.6) is 0 Å². The SMILES string of the molecule is CC1CCC(C)(C)N1C. The number of hydrogen-bond donors (Lipinski definition) is 0. The normalized spacial score (nSPS) is 35.3. The van der Waals surface area contributed by atoms with E-state index in [0.29, 0.717) is 5.54 Å². The van der Waals surface area contributed by atoms with Crippen molar-refractivity contribution in [3.63, 3.8) is 0 Å². The predicted molar refractivity (Wildman–Crippen MR) is 40.5 cm³/mol. The topological polar surface area (TPSA) is 3.24 Å². The number of rotatable bonds is 0. The van der Waals surface area contributed by atoms with E-state index in [2.05, 4.69) is 32.7 Å². The van der Waals surface area contributed by atoms with Crippen LogP contribution in [-0.2, 0) is 0 Å². The van der Waals surface area contributed by atoms with E-state index in [-0.39, 0.29) is 0 Å². The molecule has 0 aromatic heterocycles. The Hall–Kier alpha value is -0.0400. The molecule has 1 saturated heterocycles. The maximum Gasteiger partial charge on any atom is 0.0153 e. The Labute approximate surface area is 58.0 Å². The number of nitrogens with zero attached hydrogens (tertiary/aromatic N) is 1. The van der Waals surface area contributed by atoms with Gasteiger partial charge in [-0.3, -0.25) is 4.90 Å². The van der Waals surface area contributed by atoms with Crippen molar-refractivity contribution in [1.82, 2.24) is 4.90 Å². The van der Waals surface area contributed by atoms with Gasteiger partial charge in [-0.2, -0.15) is 0 Å². The van der Waals surface area contributed by atoms with Crippen molar-refractivity contribution in [2.75, 3.05) is 7.05 Å². The Morgan fingerprint density at radius 1 is 1.44 bits per heavy atom. The summed E-state index contributed by atoms with van der Waals surface area (Å²) in [5.74, 6) is 0. The van der Waals surface area contributed by atoms with E-state index in [1.807, 2.05) is 0 Å². The van der Waals surface area contributed by atoms with Crippen LogP contribution in [0.4, 0.5) is 0 Å². The highest BCUT2D eigenvalue weighted by Gasteiger charge is 2.33. The highest BCUT2D eigenvalue weighted by Crippen LogP contribution is 2.30. The number of hydrogen-bond acceptors (Lipinski definition) is 1. The summed E-state index contributed by atoms with van der Waals surface area (Å²) in [4.78, 5) is 2.47. The van der Waals surface area contributed by atoms with E-state index < -0.39 is 0 Å². The fourth-order valence-electron chi connectivity index (χ4n) is 1.53. The predicted octanol–water partition coefficient (Wildman–Crippen LogP) is 1.88. The minimum atomic E-state index is 0.458. The summed E-state index contributed by atoms with van der Waals surface area (Å²) >= 11 is 0. The lowest BCUT2D eigenvalue weighted by Crippen LogP contribution is -2.38. The molecule has 1 heteroatoms. The summed E-state index contributed by atoms with van der Waals surface area (Å²) in [5.41, 5.74) is 0.458. The molecule has 1 unspecified atom stereocenters. The first-order chi connectivity index (χ1) is 4.04. The molecule has 0 aromatic carbocycles. The zero-order chi connectivity index (χ0) is 7.07. The van der Waals surface area contributed by atoms with Crippen LogP contribution in [0.25, 0.3) is 0 Å². The Morgan fingerprint density at radius 3 is 2.11 bits per heavy atom. The summed E-state index contributed by atoms with van der Waals surface area (Å²) in [6, 6.07) is 0.792. The molecule has 54 valence electrons. The Balaban J connectivity index is 2.62. The maximum atomic E-state index is 2.47. The maximum absolute atomic E-state index is 2.47. The van der Waals surface area contributed by atoms with Gasteiger partial charge in [-0.05, 0) is 40.7 Å². The first-order valence-electron chi connectivity index (χ1n) is 3.77. The second-order valence-electron chi connectivity index (χ2n) is 3.81. The van der Waals surface area contributed by atoms with E-state index in [1.165, 1.54) is 12.8 Å². The van der Waals surface area contributed by atoms with Crippen LogP contribution in [0, 0.1) is 0 Å². The van der Waals surface area contributed by atoms with Gasteiger partial charge in [0.05, 0.1) is 0 Å². The first-order valence-corrected chi connectivity index (χ1v) is 3.77. The third kappa shape index (κ3) is 1.11. The van der Waals surface area contributed by atoms with Crippen molar-refractivity contribution in [2.24, 2.45) is 0 Å². The molecule has 1 atom stereocenters. The second kappa shape index (κ2) is 1.98. The molecule has 9 heavy (non-hydrogen) atoms. The number of likely N-dealkylation sites (tertiary alicyclic amines) is 1. The van der Waals surface area contributed by atoms with Crippen molar-refractivity contribution < 1.29 is 0 Å². The van der Waals surface area contributed by atoms with Crippen molar-refractivity contribution in [1.29, 1.82) is 0 Å². The highest BCUT2D eigenvalue weighted by molar-refractivity contribution is 4.89. The summed E-state index contributed by atoms with van der Waals surface area (Å²) < 4.78 is 0. The van der Waals surface area contributed by atoms with Crippen molar-refractivity contribution >= 4 is 0 Å². The van der Waals surface area contributed by atoms with Crippen molar-refractivity contribution in [3.8, 4) is 0 Å². The van der Waals surface area contributed by atoms with Gasteiger partial charge >= 0.3 is 0 Å². The summed E-state index contributed by atoms with van der Waals surface area (Å²) in [7, 11) is 2.22. The van der Waals surface area contributed by atoms with Gasteiger partial charge in [-0.1, -0.05) is 0 Å². The minimum absolute atomic E-state index is 0.458. The van der Waals surface area contributed by atoms with Crippen molar-refractivity contribution in [2.45, 2.75) is 45.2 Å². The van der Waals surface area contributed by atoms with E-state index in [9.17, 15) is 0 Å². The van der Waals surface area contributed by atoms with E-state index in [4.69, 9.17) is 0 Å². The summed E-state index contributed by atoms with van der Waals surface area (Å²) in [5, 5.41) is 0. The van der Waals surface area contributed by atoms with Gasteiger partial charge in [-0.15, -0.1) is 0 Å². The molecule has 1 rings (SSSR count). The van der Waals surface area contributed by atoms with Crippen LogP contribution in [0.1, 0.15) is 33.6 Å². The first kappa shape index (κ1) is 7.07. The molecule has 0 amide bonds. The molecule has 1 fully saturated rings. The van der Waals surface area contributed by atoms with E-state index >= 15 is 0 Å². The monoisotopic (exact) mass is 127 g/mol. The quantitative estimate of drug-likeness (QED) is 0.480. The Morgan fingerprint density at radius 2 is 2.00 bits per heavy atom. The van der Waals surface area contributed by atoms with Crippen LogP contribution < -0.4 is 0 Å². The highest BCUT2D eigenvalue weighted by atomic mass is 15.2. The standard InChI is InChI=1S/C8H17N/c1-7-5-6-8(2,3)9(7)4/h7H,5-6H2,1-4H3. The lowest BCUT2D eigenvalue weighted by atomic mass is 10.0. The Kier molecular flexibility index (Phi) is 1.55. The van der Waals surface area contributed by atoms with Gasteiger partial charge < -0.3 is 0 Å². The molecule has 0 N–H and O–H groups in total. The van der Waals surface area contributed by atoms with E-state index in [1.54, 1.807) is 0 Å². The second-order valence-corrected chi connectivity index (χ2v) is 3.81. The molecule has 0 saturated carbocycles. The van der Waals surface area contributed by atoms with Crippen LogP contribution in [0.2, 0.25) is 0 Å². The lowest BCUT2D eigenvalue weighted by Gasteiger charge is -2.30. The van der Waals surface area contributed by atoms with Gasteiger partial charge in [0.1, 0.15) is 0 Å². The molecule has 1 aliphatic rings. The third-order valence-electron chi connectivity index (χ3n) is 2.79. The molecule has 0 radical (unpaired) electrons. The van der Waals surface area contributed by atoms with Crippen LogP contribution >= 0.6 is 0 Å². The molecule has 0 aliphatic carbocycles. The summed E-state index contributed by atoms with van der Waals surface area (Å²) in [6.45, 7) is 6.93. The molecule has 0 bridgehead atoms. The average molecular weight is 127 g/mol. The van der Waals surface area contributed by atoms with Crippen LogP contribution in [-0.4, -0.2) is 23.5 Å². The minimum Gasteiger partial charge on any atom is -0.299 e. The smallest absolute Gasteiger partial charge is 0.0153 e. The van der Waals surface area contributed by atoms with Gasteiger partial charge in [0, 0.05) is 11.6 Å². The molecule has 1 heterocycles. The van der Waals surface area contributed by atoms with Gasteiger partial charge in [-0.25, -0.2) is 0 Å². The zero-order valence-electron chi connectivity index (χ0n) is 6.94. The molecule has 1 nitrogen and oxygen atoms in total. The fourth-order valence-corrected chi connectivity index (χ4v) is 1.53. The summed E-state index contributed by atoms with van der Waals surface area (Å²) in [6.07, 6.45) is 2.72. The Bertz CT molecular complexity index is 107.